The van der Waals surface area contributed by atoms with Crippen molar-refractivity contribution < 1.29 is 29.0 Å². The molecule has 1 heterocycles. The van der Waals surface area contributed by atoms with E-state index in [1.165, 1.54) is 18.1 Å². The monoisotopic (exact) mass is 543 g/mol. The number of amides is 2. The number of aryl methyl sites for hydroxylation is 1. The molecule has 1 saturated heterocycles. The van der Waals surface area contributed by atoms with E-state index in [2.05, 4.69) is 0 Å². The van der Waals surface area contributed by atoms with Crippen LogP contribution in [0.15, 0.2) is 70.8 Å². The lowest BCUT2D eigenvalue weighted by atomic mass is 9.59. The fraction of sp³-hybridized carbons (Fsp3) is 0.290. The Morgan fingerprint density at radius 1 is 1.03 bits per heavy atom. The molecule has 4 atom stereocenters. The lowest BCUT2D eigenvalue weighted by Gasteiger charge is -2.42. The zero-order valence-corrected chi connectivity index (χ0v) is 22.4. The van der Waals surface area contributed by atoms with Gasteiger partial charge in [0.05, 0.1) is 24.6 Å². The number of hydrogen-bond acceptors (Lipinski definition) is 6. The third kappa shape index (κ3) is 3.63. The van der Waals surface area contributed by atoms with Crippen molar-refractivity contribution in [2.24, 2.45) is 17.8 Å². The summed E-state index contributed by atoms with van der Waals surface area (Å²) in [6, 6.07) is 10.1. The van der Waals surface area contributed by atoms with E-state index in [-0.39, 0.29) is 41.3 Å². The summed E-state index contributed by atoms with van der Waals surface area (Å²) in [4.78, 5) is 55.5. The zero-order valence-electron chi connectivity index (χ0n) is 21.7. The van der Waals surface area contributed by atoms with Gasteiger partial charge >= 0.3 is 0 Å². The molecule has 1 fully saturated rings. The van der Waals surface area contributed by atoms with Crippen LogP contribution in [0, 0.1) is 24.7 Å². The number of anilines is 1. The van der Waals surface area contributed by atoms with E-state index < -0.39 is 23.7 Å². The van der Waals surface area contributed by atoms with Gasteiger partial charge in [0.25, 0.3) is 0 Å². The summed E-state index contributed by atoms with van der Waals surface area (Å²) in [6.07, 6.45) is 3.72. The van der Waals surface area contributed by atoms with Crippen molar-refractivity contribution in [2.75, 3.05) is 12.0 Å². The van der Waals surface area contributed by atoms with Gasteiger partial charge in [-0.05, 0) is 62.4 Å². The van der Waals surface area contributed by atoms with Gasteiger partial charge in [0.1, 0.15) is 0 Å². The Kier molecular flexibility index (Phi) is 5.88. The normalized spacial score (nSPS) is 26.2. The lowest BCUT2D eigenvalue weighted by Crippen LogP contribution is -2.39. The molecule has 0 aromatic heterocycles. The minimum atomic E-state index is -0.749. The topological polar surface area (TPSA) is 101 Å². The molecule has 2 aromatic carbocycles. The van der Waals surface area contributed by atoms with Crippen LogP contribution in [0.5, 0.6) is 11.5 Å². The van der Waals surface area contributed by atoms with Crippen molar-refractivity contribution in [1.82, 2.24) is 0 Å². The summed E-state index contributed by atoms with van der Waals surface area (Å²) < 4.78 is 5.33. The highest BCUT2D eigenvalue weighted by molar-refractivity contribution is 6.32. The van der Waals surface area contributed by atoms with Gasteiger partial charge in [-0.3, -0.25) is 19.2 Å². The first kappa shape index (κ1) is 25.3. The number of carbonyl (C=O) groups excluding carboxylic acids is 4. The molecule has 0 saturated carbocycles. The van der Waals surface area contributed by atoms with Crippen LogP contribution in [0.1, 0.15) is 36.8 Å². The number of fused-ring (bicyclic) bond motifs is 3. The van der Waals surface area contributed by atoms with E-state index in [0.717, 1.165) is 11.1 Å². The maximum absolute atomic E-state index is 14.0. The zero-order chi connectivity index (χ0) is 27.7. The van der Waals surface area contributed by atoms with Crippen LogP contribution in [-0.2, 0) is 19.2 Å². The van der Waals surface area contributed by atoms with Gasteiger partial charge in [0.2, 0.25) is 11.8 Å². The Hall–Kier alpha value is -3.97. The lowest BCUT2D eigenvalue weighted by molar-refractivity contribution is -0.123. The molecule has 1 aliphatic heterocycles. The number of Topliss-reactive ketones (excluding diaryl/α,β-unsaturated/α-hetero) is 1. The Labute approximate surface area is 230 Å². The third-order valence-electron chi connectivity index (χ3n) is 8.54. The molecule has 8 heteroatoms. The number of nitrogens with zero attached hydrogens (tertiary/aromatic N) is 1. The van der Waals surface area contributed by atoms with Gasteiger partial charge in [0, 0.05) is 33.2 Å². The number of carbonyl (C=O) groups is 4. The molecule has 39 heavy (non-hydrogen) atoms. The highest BCUT2D eigenvalue weighted by atomic mass is 35.5. The molecule has 2 aromatic rings. The number of phenols is 1. The first-order valence-corrected chi connectivity index (χ1v) is 13.2. The van der Waals surface area contributed by atoms with E-state index in [4.69, 9.17) is 16.3 Å². The summed E-state index contributed by atoms with van der Waals surface area (Å²) in [7, 11) is 1.44. The number of aromatic hydroxyl groups is 1. The maximum Gasteiger partial charge on any atom is 0.238 e. The molecule has 0 bridgehead atoms. The van der Waals surface area contributed by atoms with E-state index in [1.807, 2.05) is 13.0 Å². The summed E-state index contributed by atoms with van der Waals surface area (Å²) in [5.41, 5.74) is 3.41. The molecule has 1 N–H and O–H groups in total. The Bertz CT molecular complexity index is 1600. The van der Waals surface area contributed by atoms with Crippen LogP contribution in [-0.4, -0.2) is 35.6 Å². The van der Waals surface area contributed by atoms with Crippen LogP contribution in [0.25, 0.3) is 0 Å². The average molecular weight is 544 g/mol. The summed E-state index contributed by atoms with van der Waals surface area (Å²) in [5.74, 6) is -3.64. The van der Waals surface area contributed by atoms with Crippen LogP contribution in [0.4, 0.5) is 5.69 Å². The minimum absolute atomic E-state index is 0.128. The quantitative estimate of drug-likeness (QED) is 0.332. The molecule has 0 spiro atoms. The molecule has 3 aliphatic carbocycles. The van der Waals surface area contributed by atoms with E-state index >= 15 is 0 Å². The molecule has 4 aliphatic rings. The number of rotatable bonds is 3. The average Bonchev–Trinajstić information content (AvgIpc) is 3.17. The number of para-hydroxylation sites is 1. The Morgan fingerprint density at radius 3 is 2.51 bits per heavy atom. The van der Waals surface area contributed by atoms with Crippen LogP contribution >= 0.6 is 11.6 Å². The summed E-state index contributed by atoms with van der Waals surface area (Å²) in [5, 5.41) is 11.6. The largest absolute Gasteiger partial charge is 0.504 e. The number of methoxy groups -OCH3 is 1. The van der Waals surface area contributed by atoms with Gasteiger partial charge in [-0.25, -0.2) is 4.90 Å². The molecule has 198 valence electrons. The van der Waals surface area contributed by atoms with Crippen molar-refractivity contribution in [3.63, 3.8) is 0 Å². The van der Waals surface area contributed by atoms with Crippen molar-refractivity contribution in [2.45, 2.75) is 32.6 Å². The van der Waals surface area contributed by atoms with Gasteiger partial charge in [-0.15, -0.1) is 0 Å². The summed E-state index contributed by atoms with van der Waals surface area (Å²) >= 11 is 6.32. The fourth-order valence-corrected chi connectivity index (χ4v) is 6.82. The third-order valence-corrected chi connectivity index (χ3v) is 8.94. The van der Waals surface area contributed by atoms with Gasteiger partial charge in [0.15, 0.2) is 23.1 Å². The van der Waals surface area contributed by atoms with E-state index in [0.29, 0.717) is 39.4 Å². The molecule has 6 rings (SSSR count). The van der Waals surface area contributed by atoms with Crippen LogP contribution in [0.2, 0.25) is 5.02 Å². The predicted octanol–water partition coefficient (Wildman–Crippen LogP) is 5.00. The SMILES string of the molecule is COc1cccc([C@H]2C3=CC[C@@H]4C(=O)N(c5ccc(C)c(Cl)c5)C(=O)[C@@H]4[C@@H]3CC3=C2C(=O)C=C(C)C3=O)c1O. The number of phenolic OH excluding ortho intramolecular Hbond substituents is 1. The number of imide groups is 1. The number of ketones is 2. The highest BCUT2D eigenvalue weighted by Gasteiger charge is 2.56. The number of hydrogen-bond donors (Lipinski definition) is 1. The smallest absolute Gasteiger partial charge is 0.238 e. The first-order chi connectivity index (χ1) is 18.6. The number of halogens is 1. The molecule has 7 nitrogen and oxygen atoms in total. The van der Waals surface area contributed by atoms with Crippen molar-refractivity contribution in [3.05, 3.63) is 87.0 Å². The van der Waals surface area contributed by atoms with Crippen LogP contribution < -0.4 is 9.64 Å². The highest BCUT2D eigenvalue weighted by Crippen LogP contribution is 2.57. The van der Waals surface area contributed by atoms with Crippen molar-refractivity contribution >= 4 is 40.7 Å². The van der Waals surface area contributed by atoms with E-state index in [9.17, 15) is 24.3 Å². The second-order valence-electron chi connectivity index (χ2n) is 10.6. The predicted molar refractivity (Wildman–Crippen MR) is 145 cm³/mol. The summed E-state index contributed by atoms with van der Waals surface area (Å²) in [6.45, 7) is 3.44. The maximum atomic E-state index is 14.0. The molecule has 2 amide bonds. The van der Waals surface area contributed by atoms with Crippen molar-refractivity contribution in [1.29, 1.82) is 0 Å². The van der Waals surface area contributed by atoms with Gasteiger partial charge in [-0.2, -0.15) is 0 Å². The van der Waals surface area contributed by atoms with E-state index in [1.54, 1.807) is 43.3 Å². The molecule has 0 unspecified atom stereocenters. The molecular weight excluding hydrogens is 518 g/mol. The van der Waals surface area contributed by atoms with Crippen LogP contribution in [0.3, 0.4) is 0 Å². The second-order valence-corrected chi connectivity index (χ2v) is 11.0. The van der Waals surface area contributed by atoms with Gasteiger partial charge < -0.3 is 9.84 Å². The number of ether oxygens (including phenoxy) is 1. The number of allylic oxidation sites excluding steroid dienone is 6. The Balaban J connectivity index is 1.50. The van der Waals surface area contributed by atoms with Gasteiger partial charge in [-0.1, -0.05) is 41.4 Å². The first-order valence-electron chi connectivity index (χ1n) is 12.8. The molecule has 0 radical (unpaired) electrons. The molecular formula is C31H26ClNO6. The fourth-order valence-electron chi connectivity index (χ4n) is 6.65. The minimum Gasteiger partial charge on any atom is -0.504 e. The Morgan fingerprint density at radius 2 is 1.79 bits per heavy atom. The second kappa shape index (κ2) is 9.06. The standard InChI is InChI=1S/C31H26ClNO6/c1-14-7-8-16(12-22(14)32)33-30(37)19-10-9-17-20(26(19)31(33)38)13-21-27(23(34)11-15(2)28(21)35)25(17)18-5-4-6-24(39-3)29(18)36/h4-9,11-12,19-20,25-26,36H,10,13H2,1-3H3/t19-,20+,25+,26-/m0/s1. The van der Waals surface area contributed by atoms with Crippen molar-refractivity contribution in [3.8, 4) is 11.5 Å². The number of benzene rings is 2.